The van der Waals surface area contributed by atoms with Gasteiger partial charge in [-0.1, -0.05) is 0 Å². The van der Waals surface area contributed by atoms with Crippen molar-refractivity contribution >= 4 is 11.8 Å². The minimum atomic E-state index is -0.461. The molecule has 2 unspecified atom stereocenters. The predicted octanol–water partition coefficient (Wildman–Crippen LogP) is 3.36. The molecule has 2 rings (SSSR count). The van der Waals surface area contributed by atoms with Crippen molar-refractivity contribution in [2.75, 3.05) is 6.61 Å². The first-order valence-electron chi connectivity index (χ1n) is 7.41. The van der Waals surface area contributed by atoms with Crippen LogP contribution in [-0.2, 0) is 19.1 Å². The SMILES string of the molecule is CC(=O)OC/C(C)=C/C(=O)CC1(C)CCC(c2ccoc2)O1. The molecule has 120 valence electrons. The first-order chi connectivity index (χ1) is 10.4. The van der Waals surface area contributed by atoms with Crippen molar-refractivity contribution in [2.45, 2.75) is 51.7 Å². The van der Waals surface area contributed by atoms with E-state index >= 15 is 0 Å². The second-order valence-electron chi connectivity index (χ2n) is 6.07. The zero-order chi connectivity index (χ0) is 16.2. The third-order valence-corrected chi connectivity index (χ3v) is 3.74. The Hall–Kier alpha value is -1.88. The fraction of sp³-hybridized carbons (Fsp3) is 0.529. The van der Waals surface area contributed by atoms with E-state index in [-0.39, 0.29) is 24.5 Å². The van der Waals surface area contributed by atoms with Crippen LogP contribution in [-0.4, -0.2) is 24.0 Å². The van der Waals surface area contributed by atoms with Gasteiger partial charge in [0, 0.05) is 18.9 Å². The maximum absolute atomic E-state index is 12.1. The van der Waals surface area contributed by atoms with Crippen molar-refractivity contribution in [3.63, 3.8) is 0 Å². The van der Waals surface area contributed by atoms with E-state index in [0.717, 1.165) is 24.0 Å². The standard InChI is InChI=1S/C17H22O5/c1-12(10-21-13(2)18)8-15(19)9-17(3)6-4-16(22-17)14-5-7-20-11-14/h5,7-8,11,16H,4,6,9-10H2,1-3H3/b12-8+. The topological polar surface area (TPSA) is 65.7 Å². The Kier molecular flexibility index (Phi) is 5.19. The summed E-state index contributed by atoms with van der Waals surface area (Å²) in [4.78, 5) is 22.9. The molecule has 0 amide bonds. The zero-order valence-corrected chi connectivity index (χ0v) is 13.3. The van der Waals surface area contributed by atoms with Gasteiger partial charge in [0.25, 0.3) is 0 Å². The van der Waals surface area contributed by atoms with Crippen LogP contribution >= 0.6 is 0 Å². The monoisotopic (exact) mass is 306 g/mol. The molecule has 1 aliphatic heterocycles. The quantitative estimate of drug-likeness (QED) is 0.595. The Labute approximate surface area is 130 Å². The highest BCUT2D eigenvalue weighted by Crippen LogP contribution is 2.41. The number of carbonyl (C=O) groups is 2. The van der Waals surface area contributed by atoms with Gasteiger partial charge in [-0.05, 0) is 44.4 Å². The molecule has 1 aromatic heterocycles. The smallest absolute Gasteiger partial charge is 0.302 e. The largest absolute Gasteiger partial charge is 0.472 e. The summed E-state index contributed by atoms with van der Waals surface area (Å²) in [6.45, 7) is 5.22. The zero-order valence-electron chi connectivity index (χ0n) is 13.3. The van der Waals surface area contributed by atoms with Gasteiger partial charge in [-0.2, -0.15) is 0 Å². The lowest BCUT2D eigenvalue weighted by molar-refractivity contribution is -0.140. The number of allylic oxidation sites excluding steroid dienone is 1. The van der Waals surface area contributed by atoms with Crippen LogP contribution < -0.4 is 0 Å². The number of ketones is 1. The van der Waals surface area contributed by atoms with Crippen LogP contribution in [0.1, 0.15) is 51.7 Å². The molecule has 5 nitrogen and oxygen atoms in total. The molecule has 2 heterocycles. The molecule has 5 heteroatoms. The van der Waals surface area contributed by atoms with Gasteiger partial charge in [-0.25, -0.2) is 0 Å². The van der Waals surface area contributed by atoms with Crippen molar-refractivity contribution in [3.05, 3.63) is 35.8 Å². The van der Waals surface area contributed by atoms with Gasteiger partial charge in [0.15, 0.2) is 5.78 Å². The summed E-state index contributed by atoms with van der Waals surface area (Å²) < 4.78 is 16.0. The normalized spacial score (nSPS) is 25.2. The number of hydrogen-bond donors (Lipinski definition) is 0. The highest BCUT2D eigenvalue weighted by atomic mass is 16.5. The lowest BCUT2D eigenvalue weighted by atomic mass is 9.94. The highest BCUT2D eigenvalue weighted by molar-refractivity contribution is 5.91. The Bertz CT molecular complexity index is 558. The maximum Gasteiger partial charge on any atom is 0.302 e. The molecule has 0 bridgehead atoms. The number of rotatable bonds is 6. The Morgan fingerprint density at radius 3 is 2.86 bits per heavy atom. The van der Waals surface area contributed by atoms with E-state index in [1.54, 1.807) is 19.5 Å². The van der Waals surface area contributed by atoms with Crippen molar-refractivity contribution in [2.24, 2.45) is 0 Å². The number of esters is 1. The minimum absolute atomic E-state index is 0.0114. The molecule has 0 saturated carbocycles. The van der Waals surface area contributed by atoms with Crippen LogP contribution in [0.2, 0.25) is 0 Å². The van der Waals surface area contributed by atoms with E-state index in [4.69, 9.17) is 13.9 Å². The van der Waals surface area contributed by atoms with E-state index in [2.05, 4.69) is 0 Å². The van der Waals surface area contributed by atoms with Gasteiger partial charge in [0.05, 0.1) is 24.2 Å². The summed E-state index contributed by atoms with van der Waals surface area (Å²) >= 11 is 0. The fourth-order valence-corrected chi connectivity index (χ4v) is 2.67. The summed E-state index contributed by atoms with van der Waals surface area (Å²) in [7, 11) is 0. The molecule has 22 heavy (non-hydrogen) atoms. The number of carbonyl (C=O) groups excluding carboxylic acids is 2. The van der Waals surface area contributed by atoms with E-state index in [1.807, 2.05) is 13.0 Å². The van der Waals surface area contributed by atoms with E-state index in [0.29, 0.717) is 6.42 Å². The van der Waals surface area contributed by atoms with E-state index < -0.39 is 5.60 Å². The fourth-order valence-electron chi connectivity index (χ4n) is 2.67. The van der Waals surface area contributed by atoms with Crippen LogP contribution in [0.25, 0.3) is 0 Å². The minimum Gasteiger partial charge on any atom is -0.472 e. The van der Waals surface area contributed by atoms with E-state index in [1.165, 1.54) is 13.0 Å². The van der Waals surface area contributed by atoms with Crippen molar-refractivity contribution < 1.29 is 23.5 Å². The van der Waals surface area contributed by atoms with Crippen LogP contribution in [0.5, 0.6) is 0 Å². The summed E-state index contributed by atoms with van der Waals surface area (Å²) in [6, 6.07) is 1.89. The highest BCUT2D eigenvalue weighted by Gasteiger charge is 2.38. The third kappa shape index (κ3) is 4.56. The molecule has 2 atom stereocenters. The number of furan rings is 1. The summed E-state index contributed by atoms with van der Waals surface area (Å²) in [5.41, 5.74) is 1.28. The summed E-state index contributed by atoms with van der Waals surface area (Å²) in [5.74, 6) is -0.366. The van der Waals surface area contributed by atoms with Crippen LogP contribution in [0.3, 0.4) is 0 Å². The average Bonchev–Trinajstić information content (AvgIpc) is 3.05. The first kappa shape index (κ1) is 16.5. The molecular formula is C17H22O5. The lowest BCUT2D eigenvalue weighted by Gasteiger charge is -2.23. The molecule has 1 aromatic rings. The van der Waals surface area contributed by atoms with Crippen LogP contribution in [0, 0.1) is 0 Å². The van der Waals surface area contributed by atoms with Gasteiger partial charge < -0.3 is 13.9 Å². The van der Waals surface area contributed by atoms with Gasteiger partial charge in [-0.15, -0.1) is 0 Å². The number of ether oxygens (including phenoxy) is 2. The van der Waals surface area contributed by atoms with Crippen LogP contribution in [0.15, 0.2) is 34.7 Å². The molecule has 0 N–H and O–H groups in total. The predicted molar refractivity (Wildman–Crippen MR) is 80.2 cm³/mol. The summed E-state index contributed by atoms with van der Waals surface area (Å²) in [5, 5.41) is 0. The average molecular weight is 306 g/mol. The van der Waals surface area contributed by atoms with Crippen LogP contribution in [0.4, 0.5) is 0 Å². The Morgan fingerprint density at radius 2 is 2.23 bits per heavy atom. The molecule has 0 radical (unpaired) electrons. The molecule has 1 aliphatic rings. The molecule has 1 saturated heterocycles. The first-order valence-corrected chi connectivity index (χ1v) is 7.41. The van der Waals surface area contributed by atoms with E-state index in [9.17, 15) is 9.59 Å². The molecule has 0 aliphatic carbocycles. The molecular weight excluding hydrogens is 284 g/mol. The molecule has 0 spiro atoms. The second kappa shape index (κ2) is 6.92. The lowest BCUT2D eigenvalue weighted by Crippen LogP contribution is -2.26. The maximum atomic E-state index is 12.1. The molecule has 1 fully saturated rings. The Balaban J connectivity index is 1.88. The van der Waals surface area contributed by atoms with Gasteiger partial charge >= 0.3 is 5.97 Å². The van der Waals surface area contributed by atoms with Crippen molar-refractivity contribution in [3.8, 4) is 0 Å². The van der Waals surface area contributed by atoms with Crippen molar-refractivity contribution in [1.82, 2.24) is 0 Å². The number of hydrogen-bond acceptors (Lipinski definition) is 5. The second-order valence-corrected chi connectivity index (χ2v) is 6.07. The van der Waals surface area contributed by atoms with Gasteiger partial charge in [0.2, 0.25) is 0 Å². The molecule has 0 aromatic carbocycles. The van der Waals surface area contributed by atoms with Gasteiger partial charge in [0.1, 0.15) is 6.61 Å². The van der Waals surface area contributed by atoms with Gasteiger partial charge in [-0.3, -0.25) is 9.59 Å². The van der Waals surface area contributed by atoms with Crippen molar-refractivity contribution in [1.29, 1.82) is 0 Å². The third-order valence-electron chi connectivity index (χ3n) is 3.74. The Morgan fingerprint density at radius 1 is 1.45 bits per heavy atom. The summed E-state index contributed by atoms with van der Waals surface area (Å²) in [6.07, 6.45) is 6.84.